The van der Waals surface area contributed by atoms with Gasteiger partial charge in [0.15, 0.2) is 6.10 Å². The Morgan fingerprint density at radius 1 is 1.13 bits per heavy atom. The predicted octanol–water partition coefficient (Wildman–Crippen LogP) is 1.72. The van der Waals surface area contributed by atoms with E-state index >= 15 is 0 Å². The van der Waals surface area contributed by atoms with Crippen molar-refractivity contribution in [1.82, 2.24) is 5.32 Å². The molecule has 0 aromatic heterocycles. The summed E-state index contributed by atoms with van der Waals surface area (Å²) in [5, 5.41) is 13.6. The summed E-state index contributed by atoms with van der Waals surface area (Å²) in [6, 6.07) is 0. The molecule has 2 rings (SSSR count). The summed E-state index contributed by atoms with van der Waals surface area (Å²) in [6.07, 6.45) is 3.55. The van der Waals surface area contributed by atoms with E-state index < -0.39 is 53.9 Å². The smallest absolute Gasteiger partial charge is 0.405 e. The van der Waals surface area contributed by atoms with Gasteiger partial charge in [-0.2, -0.15) is 0 Å². The first-order chi connectivity index (χ1) is 18.3. The number of ketones is 2. The van der Waals surface area contributed by atoms with Crippen LogP contribution in [0.3, 0.4) is 0 Å². The van der Waals surface area contributed by atoms with Crippen LogP contribution in [-0.4, -0.2) is 67.3 Å². The molecule has 11 heteroatoms. The van der Waals surface area contributed by atoms with E-state index in [0.717, 1.165) is 6.08 Å². The molecule has 214 valence electrons. The number of allylic oxidation sites excluding steroid dienone is 4. The summed E-state index contributed by atoms with van der Waals surface area (Å²) >= 11 is 0. The lowest BCUT2D eigenvalue weighted by atomic mass is 9.85. The molecular weight excluding hydrogens is 506 g/mol. The lowest BCUT2D eigenvalue weighted by molar-refractivity contribution is -0.120. The normalized spacial score (nSPS) is 33.3. The maximum absolute atomic E-state index is 13.2. The maximum atomic E-state index is 13.2. The molecule has 0 saturated carbocycles. The number of Topliss-reactive ketones (excluding diaryl/α,β-unsaturated/α-hetero) is 1. The minimum absolute atomic E-state index is 0.104. The van der Waals surface area contributed by atoms with Crippen molar-refractivity contribution >= 4 is 23.6 Å². The Morgan fingerprint density at radius 3 is 2.38 bits per heavy atom. The van der Waals surface area contributed by atoms with Crippen LogP contribution < -0.4 is 16.8 Å². The fourth-order valence-corrected chi connectivity index (χ4v) is 4.61. The Hall–Kier alpha value is -3.54. The fourth-order valence-electron chi connectivity index (χ4n) is 4.61. The maximum Gasteiger partial charge on any atom is 0.405 e. The molecule has 0 spiro atoms. The number of aliphatic hydroxyl groups excluding tert-OH is 1. The second-order valence-corrected chi connectivity index (χ2v) is 9.97. The number of amides is 2. The van der Waals surface area contributed by atoms with Crippen LogP contribution in [0.15, 0.2) is 58.5 Å². The third-order valence-electron chi connectivity index (χ3n) is 6.84. The van der Waals surface area contributed by atoms with Crippen molar-refractivity contribution in [2.24, 2.45) is 23.3 Å². The molecule has 0 saturated heterocycles. The molecule has 0 fully saturated rings. The van der Waals surface area contributed by atoms with E-state index in [9.17, 15) is 24.3 Å². The van der Waals surface area contributed by atoms with Crippen molar-refractivity contribution in [3.8, 4) is 0 Å². The molecule has 6 atom stereocenters. The number of hydrogen-bond donors (Lipinski definition) is 4. The Morgan fingerprint density at radius 2 is 1.79 bits per heavy atom. The van der Waals surface area contributed by atoms with Gasteiger partial charge in [-0.05, 0) is 38.2 Å². The van der Waals surface area contributed by atoms with Gasteiger partial charge >= 0.3 is 6.09 Å². The highest BCUT2D eigenvalue weighted by atomic mass is 16.6. The van der Waals surface area contributed by atoms with Gasteiger partial charge in [-0.1, -0.05) is 38.2 Å². The molecule has 0 aromatic rings. The Labute approximate surface area is 228 Å². The summed E-state index contributed by atoms with van der Waals surface area (Å²) in [4.78, 5) is 50.1. The van der Waals surface area contributed by atoms with Crippen molar-refractivity contribution in [2.75, 3.05) is 14.2 Å². The van der Waals surface area contributed by atoms with E-state index in [4.69, 9.17) is 25.7 Å². The van der Waals surface area contributed by atoms with Crippen LogP contribution in [-0.2, 0) is 28.6 Å². The molecule has 2 amide bonds. The molecule has 2 aliphatic rings. The zero-order valence-electron chi connectivity index (χ0n) is 23.2. The highest BCUT2D eigenvalue weighted by molar-refractivity contribution is 6.23. The minimum Gasteiger partial charge on any atom is -0.439 e. The number of primary amides is 1. The summed E-state index contributed by atoms with van der Waals surface area (Å²) in [6.45, 7) is 6.89. The molecule has 0 radical (unpaired) electrons. The van der Waals surface area contributed by atoms with Crippen LogP contribution in [0, 0.1) is 11.8 Å². The van der Waals surface area contributed by atoms with E-state index in [1.807, 2.05) is 6.92 Å². The predicted molar refractivity (Wildman–Crippen MR) is 144 cm³/mol. The number of nitrogens with two attached hydrogens (primary N) is 2. The quantitative estimate of drug-likeness (QED) is 0.303. The molecule has 1 aliphatic heterocycles. The summed E-state index contributed by atoms with van der Waals surface area (Å²) in [5.41, 5.74) is 11.9. The van der Waals surface area contributed by atoms with E-state index in [0.29, 0.717) is 12.0 Å². The van der Waals surface area contributed by atoms with Gasteiger partial charge in [-0.25, -0.2) is 4.79 Å². The van der Waals surface area contributed by atoms with Crippen molar-refractivity contribution < 1.29 is 38.5 Å². The second-order valence-electron chi connectivity index (χ2n) is 9.97. The standard InChI is InChI=1S/C28H39N3O8/c1-14-10-18-23(29)20(32)13-19(25(18)34)31-27(35)15(2)8-7-9-21(37-5)26(39-28(30)36)17(4)12-16(3)24(33)22(11-14)38-6/h7-9,12-14,16,21-22,24,26,33H,10-11,29H2,1-6H3,(H2,30,36)(H,31,35)/b9-7-,15-8-,17-12-/t14-,16-,21+,22-,24+,26-/m1/s1. The largest absolute Gasteiger partial charge is 0.439 e. The van der Waals surface area contributed by atoms with Gasteiger partial charge < -0.3 is 36.1 Å². The van der Waals surface area contributed by atoms with Gasteiger partial charge in [0.1, 0.15) is 6.10 Å². The monoisotopic (exact) mass is 545 g/mol. The van der Waals surface area contributed by atoms with Crippen LogP contribution >= 0.6 is 0 Å². The zero-order chi connectivity index (χ0) is 29.4. The van der Waals surface area contributed by atoms with Crippen molar-refractivity contribution in [2.45, 2.75) is 65.0 Å². The van der Waals surface area contributed by atoms with Crippen molar-refractivity contribution in [3.05, 3.63) is 58.5 Å². The topological polar surface area (TPSA) is 180 Å². The number of methoxy groups -OCH3 is 2. The number of carbonyl (C=O) groups excluding carboxylic acids is 4. The molecule has 11 nitrogen and oxygen atoms in total. The first-order valence-electron chi connectivity index (χ1n) is 12.6. The summed E-state index contributed by atoms with van der Waals surface area (Å²) in [5.74, 6) is -2.37. The molecule has 39 heavy (non-hydrogen) atoms. The Bertz CT molecular complexity index is 1130. The average molecular weight is 546 g/mol. The zero-order valence-corrected chi connectivity index (χ0v) is 23.2. The molecule has 1 heterocycles. The number of nitrogens with one attached hydrogen (secondary N) is 1. The van der Waals surface area contributed by atoms with E-state index in [1.54, 1.807) is 26.0 Å². The molecule has 2 bridgehead atoms. The van der Waals surface area contributed by atoms with Gasteiger partial charge in [-0.15, -0.1) is 0 Å². The minimum atomic E-state index is -1.00. The highest BCUT2D eigenvalue weighted by Crippen LogP contribution is 2.28. The number of hydrogen-bond acceptors (Lipinski definition) is 9. The molecule has 0 aromatic carbocycles. The van der Waals surface area contributed by atoms with Crippen LogP contribution in [0.4, 0.5) is 4.79 Å². The van der Waals surface area contributed by atoms with Gasteiger partial charge in [0.2, 0.25) is 11.6 Å². The lowest BCUT2D eigenvalue weighted by Crippen LogP contribution is -2.37. The van der Waals surface area contributed by atoms with E-state index in [2.05, 4.69) is 5.32 Å². The Kier molecular flexibility index (Phi) is 11.4. The van der Waals surface area contributed by atoms with Gasteiger partial charge in [0.25, 0.3) is 5.91 Å². The lowest BCUT2D eigenvalue weighted by Gasteiger charge is -2.29. The van der Waals surface area contributed by atoms with Crippen LogP contribution in [0.25, 0.3) is 0 Å². The van der Waals surface area contributed by atoms with Crippen LogP contribution in [0.1, 0.15) is 40.5 Å². The molecule has 6 N–H and O–H groups in total. The average Bonchev–Trinajstić information content (AvgIpc) is 2.88. The van der Waals surface area contributed by atoms with Crippen LogP contribution in [0.5, 0.6) is 0 Å². The second kappa shape index (κ2) is 14.0. The Balaban J connectivity index is 2.58. The first kappa shape index (κ1) is 31.7. The fraction of sp³-hybridized carbons (Fsp3) is 0.500. The van der Waals surface area contributed by atoms with Gasteiger partial charge in [0.05, 0.1) is 23.6 Å². The highest BCUT2D eigenvalue weighted by Gasteiger charge is 2.32. The number of aliphatic hydroxyl groups is 1. The number of fused-ring (bicyclic) bond motifs is 2. The van der Waals surface area contributed by atoms with Crippen LogP contribution in [0.2, 0.25) is 0 Å². The van der Waals surface area contributed by atoms with E-state index in [-0.39, 0.29) is 34.9 Å². The number of rotatable bonds is 3. The van der Waals surface area contributed by atoms with Crippen molar-refractivity contribution in [3.63, 3.8) is 0 Å². The molecular formula is C28H39N3O8. The number of carbonyl (C=O) groups is 4. The summed E-state index contributed by atoms with van der Waals surface area (Å²) in [7, 11) is 2.90. The molecule has 1 aliphatic carbocycles. The third-order valence-corrected chi connectivity index (χ3v) is 6.84. The first-order valence-corrected chi connectivity index (χ1v) is 12.6. The van der Waals surface area contributed by atoms with Gasteiger partial charge in [-0.3, -0.25) is 14.4 Å². The van der Waals surface area contributed by atoms with Gasteiger partial charge in [0, 0.05) is 37.4 Å². The number of ether oxygens (including phenoxy) is 3. The SMILES string of the molecule is CO[C@H]1/C=C\C=C(\C)C(=O)NC2=CC(=O)C(N)=C(C[C@@H](C)C[C@@H](OC)[C@@H](O)[C@H](C)/C=C(/C)[C@H]1OC(N)=O)C2=O. The third kappa shape index (κ3) is 8.22. The van der Waals surface area contributed by atoms with Crippen molar-refractivity contribution in [1.29, 1.82) is 0 Å². The molecule has 0 unspecified atom stereocenters. The van der Waals surface area contributed by atoms with E-state index in [1.165, 1.54) is 33.3 Å². The summed E-state index contributed by atoms with van der Waals surface area (Å²) < 4.78 is 16.4.